The van der Waals surface area contributed by atoms with Gasteiger partial charge in [-0.1, -0.05) is 35.8 Å². The van der Waals surface area contributed by atoms with Crippen LogP contribution < -0.4 is 0 Å². The van der Waals surface area contributed by atoms with Crippen molar-refractivity contribution in [2.45, 2.75) is 44.4 Å². The van der Waals surface area contributed by atoms with Crippen LogP contribution in [0.5, 0.6) is 0 Å². The van der Waals surface area contributed by atoms with Crippen molar-refractivity contribution in [1.82, 2.24) is 0 Å². The minimum atomic E-state index is 0.818. The molecule has 1 fully saturated rings. The second kappa shape index (κ2) is 6.30. The van der Waals surface area contributed by atoms with Crippen molar-refractivity contribution in [1.29, 1.82) is 0 Å². The summed E-state index contributed by atoms with van der Waals surface area (Å²) in [5, 5.41) is 0. The van der Waals surface area contributed by atoms with Gasteiger partial charge in [-0.05, 0) is 51.2 Å². The van der Waals surface area contributed by atoms with Crippen LogP contribution in [0.1, 0.15) is 39.5 Å². The Bertz CT molecular complexity index is 374. The molecule has 1 atom stereocenters. The van der Waals surface area contributed by atoms with Gasteiger partial charge in [0.25, 0.3) is 0 Å². The van der Waals surface area contributed by atoms with Gasteiger partial charge in [-0.15, -0.1) is 11.8 Å². The van der Waals surface area contributed by atoms with Gasteiger partial charge in [0.15, 0.2) is 0 Å². The molecule has 1 aromatic carbocycles. The van der Waals surface area contributed by atoms with Crippen LogP contribution in [0.4, 0.5) is 0 Å². The zero-order valence-electron chi connectivity index (χ0n) is 10.9. The van der Waals surface area contributed by atoms with E-state index in [4.69, 9.17) is 0 Å². The van der Waals surface area contributed by atoms with Crippen LogP contribution >= 0.6 is 11.8 Å². The van der Waals surface area contributed by atoms with Gasteiger partial charge in [0, 0.05) is 10.6 Å². The largest absolute Gasteiger partial charge is 0.126 e. The maximum Gasteiger partial charge on any atom is 0.00721 e. The lowest BCUT2D eigenvalue weighted by Gasteiger charge is -2.26. The molecular formula is C16H22S. The smallest absolute Gasteiger partial charge is 0.00721 e. The van der Waals surface area contributed by atoms with E-state index < -0.39 is 0 Å². The number of rotatable bonds is 3. The molecule has 0 saturated heterocycles. The quantitative estimate of drug-likeness (QED) is 0.515. The fraction of sp³-hybridized carbons (Fsp3) is 0.500. The molecule has 1 heteroatoms. The standard InChI is InChI=1S/C16H22S/c1-13(2)16-11-7-6-8-14(16)12-17-15-9-4-3-5-10-15/h3-5,9-10,14H,6-8,11-12H2,1-2H3. The lowest BCUT2D eigenvalue weighted by Crippen LogP contribution is -2.13. The predicted molar refractivity (Wildman–Crippen MR) is 77.5 cm³/mol. The number of benzene rings is 1. The van der Waals surface area contributed by atoms with Gasteiger partial charge in [0.05, 0.1) is 0 Å². The average Bonchev–Trinajstić information content (AvgIpc) is 2.38. The molecule has 0 N–H and O–H groups in total. The first-order chi connectivity index (χ1) is 8.27. The SMILES string of the molecule is CC(C)=C1CCCCC1CSc1ccccc1. The van der Waals surface area contributed by atoms with Crippen molar-refractivity contribution in [3.63, 3.8) is 0 Å². The third kappa shape index (κ3) is 3.64. The van der Waals surface area contributed by atoms with Crippen molar-refractivity contribution in [2.75, 3.05) is 5.75 Å². The summed E-state index contributed by atoms with van der Waals surface area (Å²) in [5.74, 6) is 2.07. The van der Waals surface area contributed by atoms with Crippen LogP contribution in [0.15, 0.2) is 46.4 Å². The predicted octanol–water partition coefficient (Wildman–Crippen LogP) is 5.31. The van der Waals surface area contributed by atoms with Crippen molar-refractivity contribution >= 4 is 11.8 Å². The molecule has 0 aromatic heterocycles. The number of thioether (sulfide) groups is 1. The van der Waals surface area contributed by atoms with E-state index in [2.05, 4.69) is 44.2 Å². The van der Waals surface area contributed by atoms with Crippen LogP contribution in [0.3, 0.4) is 0 Å². The van der Waals surface area contributed by atoms with E-state index in [1.54, 1.807) is 11.1 Å². The van der Waals surface area contributed by atoms with Crippen molar-refractivity contribution in [3.05, 3.63) is 41.5 Å². The molecule has 0 amide bonds. The summed E-state index contributed by atoms with van der Waals surface area (Å²) in [6.07, 6.45) is 5.53. The number of allylic oxidation sites excluding steroid dienone is 2. The topological polar surface area (TPSA) is 0 Å². The zero-order valence-corrected chi connectivity index (χ0v) is 11.7. The molecule has 1 aliphatic carbocycles. The third-order valence-electron chi connectivity index (χ3n) is 3.58. The molecule has 17 heavy (non-hydrogen) atoms. The third-order valence-corrected chi connectivity index (χ3v) is 4.75. The van der Waals surface area contributed by atoms with Crippen molar-refractivity contribution in [2.24, 2.45) is 5.92 Å². The van der Waals surface area contributed by atoms with Crippen LogP contribution in [-0.4, -0.2) is 5.75 Å². The summed E-state index contributed by atoms with van der Waals surface area (Å²) in [4.78, 5) is 1.41. The summed E-state index contributed by atoms with van der Waals surface area (Å²) < 4.78 is 0. The van der Waals surface area contributed by atoms with Gasteiger partial charge >= 0.3 is 0 Å². The molecule has 1 aliphatic rings. The molecule has 1 saturated carbocycles. The Balaban J connectivity index is 1.96. The monoisotopic (exact) mass is 246 g/mol. The first-order valence-corrected chi connectivity index (χ1v) is 7.60. The highest BCUT2D eigenvalue weighted by atomic mass is 32.2. The molecule has 0 bridgehead atoms. The van der Waals surface area contributed by atoms with Crippen LogP contribution in [0.2, 0.25) is 0 Å². The van der Waals surface area contributed by atoms with E-state index in [1.807, 2.05) is 11.8 Å². The molecule has 0 spiro atoms. The van der Waals surface area contributed by atoms with Gasteiger partial charge in [-0.3, -0.25) is 0 Å². The first kappa shape index (κ1) is 12.8. The fourth-order valence-electron chi connectivity index (χ4n) is 2.64. The molecule has 0 aliphatic heterocycles. The summed E-state index contributed by atoms with van der Waals surface area (Å²) in [7, 11) is 0. The molecule has 0 radical (unpaired) electrons. The highest BCUT2D eigenvalue weighted by Gasteiger charge is 2.19. The molecule has 2 rings (SSSR count). The molecule has 0 heterocycles. The number of hydrogen-bond donors (Lipinski definition) is 0. The molecular weight excluding hydrogens is 224 g/mol. The van der Waals surface area contributed by atoms with E-state index >= 15 is 0 Å². The highest BCUT2D eigenvalue weighted by molar-refractivity contribution is 7.99. The molecule has 92 valence electrons. The molecule has 0 nitrogen and oxygen atoms in total. The van der Waals surface area contributed by atoms with E-state index in [0.717, 1.165) is 5.92 Å². The zero-order chi connectivity index (χ0) is 12.1. The summed E-state index contributed by atoms with van der Waals surface area (Å²) >= 11 is 2.01. The van der Waals surface area contributed by atoms with E-state index in [-0.39, 0.29) is 0 Å². The Morgan fingerprint density at radius 2 is 1.94 bits per heavy atom. The second-order valence-corrected chi connectivity index (χ2v) is 6.19. The van der Waals surface area contributed by atoms with Crippen LogP contribution in [-0.2, 0) is 0 Å². The second-order valence-electron chi connectivity index (χ2n) is 5.09. The maximum absolute atomic E-state index is 2.28. The molecule has 1 unspecified atom stereocenters. The minimum Gasteiger partial charge on any atom is -0.126 e. The summed E-state index contributed by atoms with van der Waals surface area (Å²) in [6, 6.07) is 10.8. The van der Waals surface area contributed by atoms with E-state index in [1.165, 1.54) is 36.3 Å². The van der Waals surface area contributed by atoms with E-state index in [0.29, 0.717) is 0 Å². The highest BCUT2D eigenvalue weighted by Crippen LogP contribution is 2.35. The van der Waals surface area contributed by atoms with Crippen molar-refractivity contribution in [3.8, 4) is 0 Å². The van der Waals surface area contributed by atoms with Gasteiger partial charge in [0.1, 0.15) is 0 Å². The van der Waals surface area contributed by atoms with Crippen molar-refractivity contribution < 1.29 is 0 Å². The van der Waals surface area contributed by atoms with Gasteiger partial charge in [-0.2, -0.15) is 0 Å². The normalized spacial score (nSPS) is 20.4. The maximum atomic E-state index is 2.28. The Morgan fingerprint density at radius 3 is 2.65 bits per heavy atom. The Hall–Kier alpha value is -0.690. The Kier molecular flexibility index (Phi) is 4.73. The van der Waals surface area contributed by atoms with Crippen LogP contribution in [0.25, 0.3) is 0 Å². The molecule has 1 aromatic rings. The first-order valence-electron chi connectivity index (χ1n) is 6.61. The van der Waals surface area contributed by atoms with E-state index in [9.17, 15) is 0 Å². The summed E-state index contributed by atoms with van der Waals surface area (Å²) in [5.41, 5.74) is 3.29. The van der Waals surface area contributed by atoms with Gasteiger partial charge in [-0.25, -0.2) is 0 Å². The summed E-state index contributed by atoms with van der Waals surface area (Å²) in [6.45, 7) is 4.56. The number of hydrogen-bond acceptors (Lipinski definition) is 1. The lowest BCUT2D eigenvalue weighted by molar-refractivity contribution is 0.484. The lowest BCUT2D eigenvalue weighted by atomic mass is 9.83. The fourth-order valence-corrected chi connectivity index (χ4v) is 3.75. The van der Waals surface area contributed by atoms with Gasteiger partial charge < -0.3 is 0 Å². The van der Waals surface area contributed by atoms with Crippen LogP contribution in [0, 0.1) is 5.92 Å². The average molecular weight is 246 g/mol. The Morgan fingerprint density at radius 1 is 1.18 bits per heavy atom. The van der Waals surface area contributed by atoms with Gasteiger partial charge in [0.2, 0.25) is 0 Å². The minimum absolute atomic E-state index is 0.818. The Labute approximate surface area is 110 Å².